The number of rotatable bonds is 6. The van der Waals surface area contributed by atoms with Crippen LogP contribution >= 0.6 is 0 Å². The number of carboxylic acid groups (broad SMARTS) is 1. The Kier molecular flexibility index (Phi) is 5.46. The number of aryl methyl sites for hydroxylation is 1. The second kappa shape index (κ2) is 7.97. The lowest BCUT2D eigenvalue weighted by molar-refractivity contribution is -0.117. The molecule has 0 fully saturated rings. The number of nitrogens with two attached hydrogens (primary N) is 1. The van der Waals surface area contributed by atoms with Gasteiger partial charge in [0.05, 0.1) is 23.7 Å². The van der Waals surface area contributed by atoms with Gasteiger partial charge in [0, 0.05) is 5.56 Å². The van der Waals surface area contributed by atoms with Gasteiger partial charge < -0.3 is 20.7 Å². The third-order valence-electron chi connectivity index (χ3n) is 4.03. The minimum atomic E-state index is -1.17. The van der Waals surface area contributed by atoms with Crippen LogP contribution in [-0.4, -0.2) is 33.2 Å². The fourth-order valence-corrected chi connectivity index (χ4v) is 2.52. The number of hydrogen-bond acceptors (Lipinski definition) is 6. The van der Waals surface area contributed by atoms with Crippen molar-refractivity contribution in [2.24, 2.45) is 5.73 Å². The Morgan fingerprint density at radius 3 is 2.75 bits per heavy atom. The van der Waals surface area contributed by atoms with Gasteiger partial charge >= 0.3 is 5.97 Å². The molecule has 1 amide bonds. The van der Waals surface area contributed by atoms with Gasteiger partial charge in [-0.2, -0.15) is 4.98 Å². The van der Waals surface area contributed by atoms with Crippen LogP contribution in [0.3, 0.4) is 0 Å². The second-order valence-electron chi connectivity index (χ2n) is 6.13. The minimum Gasteiger partial charge on any atom is -0.478 e. The monoisotopic (exact) mass is 384 g/mol. The maximum absolute atomic E-state index is 13.4. The first-order chi connectivity index (χ1) is 13.3. The zero-order valence-corrected chi connectivity index (χ0v) is 14.8. The van der Waals surface area contributed by atoms with E-state index in [1.807, 2.05) is 0 Å². The summed E-state index contributed by atoms with van der Waals surface area (Å²) in [6, 6.07) is 9.36. The maximum atomic E-state index is 13.4. The highest BCUT2D eigenvalue weighted by atomic mass is 19.1. The number of benzene rings is 2. The average molecular weight is 384 g/mol. The molecule has 0 aliphatic rings. The molecule has 3 aromatic rings. The average Bonchev–Trinajstić information content (AvgIpc) is 3.12. The van der Waals surface area contributed by atoms with E-state index in [-0.39, 0.29) is 35.2 Å². The predicted molar refractivity (Wildman–Crippen MR) is 98.1 cm³/mol. The summed E-state index contributed by atoms with van der Waals surface area (Å²) in [7, 11) is 0. The van der Waals surface area contributed by atoms with E-state index in [9.17, 15) is 14.0 Å². The number of aromatic nitrogens is 2. The Labute approximate surface area is 159 Å². The van der Waals surface area contributed by atoms with Gasteiger partial charge in [-0.3, -0.25) is 4.79 Å². The van der Waals surface area contributed by atoms with Crippen molar-refractivity contribution in [1.29, 1.82) is 0 Å². The molecule has 0 aliphatic heterocycles. The molecule has 0 bridgehead atoms. The SMILES string of the molecule is Cc1cc(-c2noc(CC(N)C(=O)Nc3ccccc3C(=O)O)n2)ccc1F. The molecule has 0 radical (unpaired) electrons. The summed E-state index contributed by atoms with van der Waals surface area (Å²) in [6.45, 7) is 1.62. The van der Waals surface area contributed by atoms with Crippen LogP contribution in [0.4, 0.5) is 10.1 Å². The molecule has 3 rings (SSSR count). The van der Waals surface area contributed by atoms with Gasteiger partial charge in [-0.15, -0.1) is 0 Å². The normalized spacial score (nSPS) is 11.8. The standard InChI is InChI=1S/C19H17FN4O4/c1-10-8-11(6-7-13(10)20)17-23-16(28-24-17)9-14(21)18(25)22-15-5-3-2-4-12(15)19(26)27/h2-8,14H,9,21H2,1H3,(H,22,25)(H,26,27). The van der Waals surface area contributed by atoms with Crippen molar-refractivity contribution >= 4 is 17.6 Å². The number of nitrogens with zero attached hydrogens (tertiary/aromatic N) is 2. The van der Waals surface area contributed by atoms with Gasteiger partial charge in [-0.1, -0.05) is 17.3 Å². The highest BCUT2D eigenvalue weighted by molar-refractivity contribution is 6.02. The van der Waals surface area contributed by atoms with Crippen molar-refractivity contribution in [2.45, 2.75) is 19.4 Å². The van der Waals surface area contributed by atoms with Crippen LogP contribution in [0.15, 0.2) is 47.0 Å². The van der Waals surface area contributed by atoms with Gasteiger partial charge in [-0.25, -0.2) is 9.18 Å². The third-order valence-corrected chi connectivity index (χ3v) is 4.03. The van der Waals surface area contributed by atoms with Crippen molar-refractivity contribution in [1.82, 2.24) is 10.1 Å². The van der Waals surface area contributed by atoms with Crippen LogP contribution in [0.25, 0.3) is 11.4 Å². The summed E-state index contributed by atoms with van der Waals surface area (Å²) in [5.41, 5.74) is 6.99. The highest BCUT2D eigenvalue weighted by Gasteiger charge is 2.20. The van der Waals surface area contributed by atoms with Crippen LogP contribution in [0, 0.1) is 12.7 Å². The van der Waals surface area contributed by atoms with Crippen LogP contribution < -0.4 is 11.1 Å². The molecule has 144 valence electrons. The first-order valence-corrected chi connectivity index (χ1v) is 8.33. The second-order valence-corrected chi connectivity index (χ2v) is 6.13. The molecule has 1 aromatic heterocycles. The molecule has 1 atom stereocenters. The van der Waals surface area contributed by atoms with Gasteiger partial charge in [0.1, 0.15) is 5.82 Å². The molecule has 0 saturated carbocycles. The van der Waals surface area contributed by atoms with Crippen molar-refractivity contribution < 1.29 is 23.6 Å². The molecule has 1 heterocycles. The maximum Gasteiger partial charge on any atom is 0.337 e. The fraction of sp³-hybridized carbons (Fsp3) is 0.158. The number of nitrogens with one attached hydrogen (secondary N) is 1. The van der Waals surface area contributed by atoms with E-state index in [1.54, 1.807) is 25.1 Å². The van der Waals surface area contributed by atoms with Crippen LogP contribution in [0.2, 0.25) is 0 Å². The summed E-state index contributed by atoms with van der Waals surface area (Å²) in [4.78, 5) is 27.7. The number of hydrogen-bond donors (Lipinski definition) is 3. The Morgan fingerprint density at radius 2 is 2.04 bits per heavy atom. The predicted octanol–water partition coefficient (Wildman–Crippen LogP) is 2.39. The van der Waals surface area contributed by atoms with Crippen LogP contribution in [0.5, 0.6) is 0 Å². The van der Waals surface area contributed by atoms with Crippen molar-refractivity contribution in [3.8, 4) is 11.4 Å². The first kappa shape index (κ1) is 19.2. The number of carboxylic acids is 1. The lowest BCUT2D eigenvalue weighted by Crippen LogP contribution is -2.37. The Hall–Kier alpha value is -3.59. The summed E-state index contributed by atoms with van der Waals surface area (Å²) in [6.07, 6.45) is -0.0474. The zero-order valence-electron chi connectivity index (χ0n) is 14.8. The molecule has 8 nitrogen and oxygen atoms in total. The van der Waals surface area contributed by atoms with Crippen molar-refractivity contribution in [3.63, 3.8) is 0 Å². The zero-order chi connectivity index (χ0) is 20.3. The molecule has 0 spiro atoms. The smallest absolute Gasteiger partial charge is 0.337 e. The quantitative estimate of drug-likeness (QED) is 0.594. The van der Waals surface area contributed by atoms with E-state index >= 15 is 0 Å². The lowest BCUT2D eigenvalue weighted by atomic mass is 10.1. The van der Waals surface area contributed by atoms with Gasteiger partial charge in [0.25, 0.3) is 0 Å². The van der Waals surface area contributed by atoms with Crippen LogP contribution in [-0.2, 0) is 11.2 Å². The topological polar surface area (TPSA) is 131 Å². The molecular formula is C19H17FN4O4. The van der Waals surface area contributed by atoms with Gasteiger partial charge in [0.15, 0.2) is 0 Å². The number of aromatic carboxylic acids is 1. The first-order valence-electron chi connectivity index (χ1n) is 8.33. The van der Waals surface area contributed by atoms with E-state index in [4.69, 9.17) is 15.4 Å². The lowest BCUT2D eigenvalue weighted by Gasteiger charge is -2.12. The number of carbonyl (C=O) groups excluding carboxylic acids is 1. The Balaban J connectivity index is 1.69. The van der Waals surface area contributed by atoms with Crippen molar-refractivity contribution in [2.75, 3.05) is 5.32 Å². The fourth-order valence-electron chi connectivity index (χ4n) is 2.52. The number of anilines is 1. The van der Waals surface area contributed by atoms with Gasteiger partial charge in [0.2, 0.25) is 17.6 Å². The Bertz CT molecular complexity index is 1030. The molecule has 28 heavy (non-hydrogen) atoms. The van der Waals surface area contributed by atoms with E-state index in [0.717, 1.165) is 0 Å². The highest BCUT2D eigenvalue weighted by Crippen LogP contribution is 2.20. The number of carbonyl (C=O) groups is 2. The van der Waals surface area contributed by atoms with E-state index < -0.39 is 17.9 Å². The van der Waals surface area contributed by atoms with E-state index in [1.165, 1.54) is 24.3 Å². The van der Waals surface area contributed by atoms with Gasteiger partial charge in [-0.05, 0) is 42.8 Å². The minimum absolute atomic E-state index is 0.0465. The largest absolute Gasteiger partial charge is 0.478 e. The number of halogens is 1. The molecule has 4 N–H and O–H groups in total. The molecule has 1 unspecified atom stereocenters. The van der Waals surface area contributed by atoms with E-state index in [0.29, 0.717) is 11.1 Å². The molecule has 0 saturated heterocycles. The number of para-hydroxylation sites is 1. The number of amides is 1. The molecule has 9 heteroatoms. The summed E-state index contributed by atoms with van der Waals surface area (Å²) in [5, 5.41) is 15.5. The Morgan fingerprint density at radius 1 is 1.29 bits per heavy atom. The molecule has 0 aliphatic carbocycles. The molecule has 2 aromatic carbocycles. The molecular weight excluding hydrogens is 367 g/mol. The summed E-state index contributed by atoms with van der Waals surface area (Å²) < 4.78 is 18.5. The summed E-state index contributed by atoms with van der Waals surface area (Å²) >= 11 is 0. The van der Waals surface area contributed by atoms with E-state index in [2.05, 4.69) is 15.5 Å². The third kappa shape index (κ3) is 4.21. The van der Waals surface area contributed by atoms with Crippen molar-refractivity contribution in [3.05, 3.63) is 65.3 Å². The summed E-state index contributed by atoms with van der Waals surface area (Å²) in [5.74, 6) is -1.72. The van der Waals surface area contributed by atoms with Crippen LogP contribution in [0.1, 0.15) is 21.8 Å².